The fourth-order valence-corrected chi connectivity index (χ4v) is 2.61. The third-order valence-corrected chi connectivity index (χ3v) is 3.99. The second-order valence-corrected chi connectivity index (χ2v) is 5.47. The zero-order chi connectivity index (χ0) is 15.1. The monoisotopic (exact) mass is 294 g/mol. The van der Waals surface area contributed by atoms with Crippen molar-refractivity contribution in [2.24, 2.45) is 5.92 Å². The third kappa shape index (κ3) is 4.79. The predicted octanol–water partition coefficient (Wildman–Crippen LogP) is 1.91. The molecular formula is C16H23FN2O2. The molecular weight excluding hydrogens is 271 g/mol. The van der Waals surface area contributed by atoms with Crippen LogP contribution in [0, 0.1) is 11.7 Å². The summed E-state index contributed by atoms with van der Waals surface area (Å²) in [5.74, 6) is -0.321. The molecule has 1 saturated heterocycles. The minimum Gasteiger partial charge on any atom is -0.383 e. The summed E-state index contributed by atoms with van der Waals surface area (Å²) in [7, 11) is 1.71. The molecule has 0 bridgehead atoms. The van der Waals surface area contributed by atoms with E-state index in [2.05, 4.69) is 10.2 Å². The number of carbonyl (C=O) groups is 1. The molecule has 5 heteroatoms. The van der Waals surface area contributed by atoms with Crippen LogP contribution in [-0.2, 0) is 4.74 Å². The van der Waals surface area contributed by atoms with Gasteiger partial charge in [0.25, 0.3) is 5.91 Å². The highest BCUT2D eigenvalue weighted by molar-refractivity contribution is 5.94. The first-order chi connectivity index (χ1) is 10.2. The Bertz CT molecular complexity index is 459. The van der Waals surface area contributed by atoms with Crippen LogP contribution >= 0.6 is 0 Å². The Balaban J connectivity index is 1.72. The van der Waals surface area contributed by atoms with Crippen molar-refractivity contribution < 1.29 is 13.9 Å². The van der Waals surface area contributed by atoms with Gasteiger partial charge in [0, 0.05) is 20.2 Å². The van der Waals surface area contributed by atoms with Gasteiger partial charge in [0.05, 0.1) is 12.2 Å². The number of benzene rings is 1. The van der Waals surface area contributed by atoms with E-state index in [1.807, 2.05) is 0 Å². The Morgan fingerprint density at radius 1 is 1.38 bits per heavy atom. The van der Waals surface area contributed by atoms with Gasteiger partial charge in [-0.2, -0.15) is 0 Å². The Morgan fingerprint density at radius 3 is 2.76 bits per heavy atom. The normalized spacial score (nSPS) is 16.9. The quantitative estimate of drug-likeness (QED) is 0.871. The van der Waals surface area contributed by atoms with Gasteiger partial charge in [0.1, 0.15) is 5.82 Å². The summed E-state index contributed by atoms with van der Waals surface area (Å²) in [6, 6.07) is 6.08. The molecule has 1 fully saturated rings. The minimum atomic E-state index is -0.468. The number of ether oxygens (including phenoxy) is 1. The number of hydrogen-bond donors (Lipinski definition) is 1. The molecule has 0 spiro atoms. The van der Waals surface area contributed by atoms with E-state index in [0.29, 0.717) is 12.5 Å². The first-order valence-electron chi connectivity index (χ1n) is 7.44. The number of amides is 1. The molecule has 1 aromatic carbocycles. The largest absolute Gasteiger partial charge is 0.383 e. The van der Waals surface area contributed by atoms with E-state index in [4.69, 9.17) is 4.74 Å². The lowest BCUT2D eigenvalue weighted by molar-refractivity contribution is 0.0922. The molecule has 1 aliphatic heterocycles. The molecule has 0 aromatic heterocycles. The highest BCUT2D eigenvalue weighted by Crippen LogP contribution is 2.16. The number of methoxy groups -OCH3 is 1. The lowest BCUT2D eigenvalue weighted by Gasteiger charge is -2.31. The van der Waals surface area contributed by atoms with Crippen LogP contribution in [0.5, 0.6) is 0 Å². The molecule has 116 valence electrons. The van der Waals surface area contributed by atoms with E-state index >= 15 is 0 Å². The van der Waals surface area contributed by atoms with Crippen LogP contribution in [0.2, 0.25) is 0 Å². The van der Waals surface area contributed by atoms with Crippen LogP contribution in [0.4, 0.5) is 4.39 Å². The van der Waals surface area contributed by atoms with Crippen LogP contribution in [0.25, 0.3) is 0 Å². The lowest BCUT2D eigenvalue weighted by Crippen LogP contribution is -2.40. The number of nitrogens with one attached hydrogen (secondary N) is 1. The average molecular weight is 294 g/mol. The predicted molar refractivity (Wildman–Crippen MR) is 79.8 cm³/mol. The molecule has 1 aliphatic rings. The molecule has 1 heterocycles. The summed E-state index contributed by atoms with van der Waals surface area (Å²) in [4.78, 5) is 14.3. The topological polar surface area (TPSA) is 41.6 Å². The molecule has 1 N–H and O–H groups in total. The molecule has 0 saturated carbocycles. The smallest absolute Gasteiger partial charge is 0.254 e. The minimum absolute atomic E-state index is 0.120. The fourth-order valence-electron chi connectivity index (χ4n) is 2.61. The second-order valence-electron chi connectivity index (χ2n) is 5.47. The fraction of sp³-hybridized carbons (Fsp3) is 0.562. The molecule has 1 aromatic rings. The van der Waals surface area contributed by atoms with E-state index in [-0.39, 0.29) is 11.5 Å². The van der Waals surface area contributed by atoms with Crippen molar-refractivity contribution in [1.29, 1.82) is 0 Å². The maximum Gasteiger partial charge on any atom is 0.254 e. The van der Waals surface area contributed by atoms with Crippen molar-refractivity contribution in [3.8, 4) is 0 Å². The Labute approximate surface area is 125 Å². The zero-order valence-electron chi connectivity index (χ0n) is 12.5. The third-order valence-electron chi connectivity index (χ3n) is 3.99. The molecule has 0 radical (unpaired) electrons. The van der Waals surface area contributed by atoms with Crippen molar-refractivity contribution in [3.05, 3.63) is 35.6 Å². The van der Waals surface area contributed by atoms with E-state index in [9.17, 15) is 9.18 Å². The van der Waals surface area contributed by atoms with Crippen molar-refractivity contribution in [1.82, 2.24) is 10.2 Å². The van der Waals surface area contributed by atoms with E-state index < -0.39 is 5.82 Å². The number of piperidine rings is 1. The van der Waals surface area contributed by atoms with E-state index in [0.717, 1.165) is 39.1 Å². The van der Waals surface area contributed by atoms with Gasteiger partial charge >= 0.3 is 0 Å². The summed E-state index contributed by atoms with van der Waals surface area (Å²) < 4.78 is 18.6. The van der Waals surface area contributed by atoms with Gasteiger partial charge in [0.2, 0.25) is 0 Å². The number of likely N-dealkylation sites (tertiary alicyclic amines) is 1. The summed E-state index contributed by atoms with van der Waals surface area (Å²) >= 11 is 0. The van der Waals surface area contributed by atoms with Crippen molar-refractivity contribution in [3.63, 3.8) is 0 Å². The van der Waals surface area contributed by atoms with Crippen molar-refractivity contribution >= 4 is 5.91 Å². The van der Waals surface area contributed by atoms with Crippen LogP contribution in [-0.4, -0.2) is 50.7 Å². The molecule has 0 unspecified atom stereocenters. The van der Waals surface area contributed by atoms with Gasteiger partial charge in [-0.05, 0) is 44.0 Å². The van der Waals surface area contributed by atoms with Crippen LogP contribution < -0.4 is 5.32 Å². The molecule has 0 atom stereocenters. The second kappa shape index (κ2) is 8.10. The molecule has 1 amide bonds. The lowest BCUT2D eigenvalue weighted by atomic mass is 9.96. The average Bonchev–Trinajstić information content (AvgIpc) is 2.52. The maximum atomic E-state index is 13.5. The van der Waals surface area contributed by atoms with Crippen LogP contribution in [0.15, 0.2) is 24.3 Å². The number of hydrogen-bond acceptors (Lipinski definition) is 3. The Kier molecular flexibility index (Phi) is 6.14. The Morgan fingerprint density at radius 2 is 2.10 bits per heavy atom. The van der Waals surface area contributed by atoms with Crippen molar-refractivity contribution in [2.45, 2.75) is 12.8 Å². The SMILES string of the molecule is COCCN1CCC(CNC(=O)c2ccccc2F)CC1. The molecule has 4 nitrogen and oxygen atoms in total. The van der Waals surface area contributed by atoms with Gasteiger partial charge in [-0.15, -0.1) is 0 Å². The van der Waals surface area contributed by atoms with Gasteiger partial charge in [0.15, 0.2) is 0 Å². The number of halogens is 1. The standard InChI is InChI=1S/C16H23FN2O2/c1-21-11-10-19-8-6-13(7-9-19)12-18-16(20)14-4-2-3-5-15(14)17/h2-5,13H,6-12H2,1H3,(H,18,20). The highest BCUT2D eigenvalue weighted by atomic mass is 19.1. The summed E-state index contributed by atoms with van der Waals surface area (Å²) in [6.07, 6.45) is 2.11. The van der Waals surface area contributed by atoms with Gasteiger partial charge < -0.3 is 15.0 Å². The maximum absolute atomic E-state index is 13.5. The molecule has 0 aliphatic carbocycles. The highest BCUT2D eigenvalue weighted by Gasteiger charge is 2.20. The van der Waals surface area contributed by atoms with Crippen LogP contribution in [0.1, 0.15) is 23.2 Å². The van der Waals surface area contributed by atoms with Gasteiger partial charge in [-0.1, -0.05) is 12.1 Å². The summed E-state index contributed by atoms with van der Waals surface area (Å²) in [5.41, 5.74) is 0.120. The number of rotatable bonds is 6. The first kappa shape index (κ1) is 15.9. The van der Waals surface area contributed by atoms with Crippen molar-refractivity contribution in [2.75, 3.05) is 39.9 Å². The van der Waals surface area contributed by atoms with E-state index in [1.165, 1.54) is 12.1 Å². The van der Waals surface area contributed by atoms with E-state index in [1.54, 1.807) is 19.2 Å². The zero-order valence-corrected chi connectivity index (χ0v) is 12.5. The Hall–Kier alpha value is -1.46. The summed E-state index contributed by atoms with van der Waals surface area (Å²) in [6.45, 7) is 4.40. The number of carbonyl (C=O) groups excluding carboxylic acids is 1. The molecule has 2 rings (SSSR count). The van der Waals surface area contributed by atoms with Gasteiger partial charge in [-0.25, -0.2) is 4.39 Å². The summed E-state index contributed by atoms with van der Waals surface area (Å²) in [5, 5.41) is 2.85. The van der Waals surface area contributed by atoms with Gasteiger partial charge in [-0.3, -0.25) is 4.79 Å². The number of nitrogens with zero attached hydrogens (tertiary/aromatic N) is 1. The molecule has 21 heavy (non-hydrogen) atoms. The van der Waals surface area contributed by atoms with Crippen LogP contribution in [0.3, 0.4) is 0 Å². The first-order valence-corrected chi connectivity index (χ1v) is 7.44.